The Kier molecular flexibility index (Phi) is 3.79. The summed E-state index contributed by atoms with van der Waals surface area (Å²) in [5.41, 5.74) is 5.85. The van der Waals surface area contributed by atoms with Crippen LogP contribution in [-0.2, 0) is 4.79 Å². The van der Waals surface area contributed by atoms with Crippen LogP contribution in [0.2, 0.25) is 0 Å². The third-order valence-electron chi connectivity index (χ3n) is 3.58. The fraction of sp³-hybridized carbons (Fsp3) is 0.500. The molecule has 1 amide bonds. The van der Waals surface area contributed by atoms with Gasteiger partial charge in [0.1, 0.15) is 0 Å². The van der Waals surface area contributed by atoms with Crippen LogP contribution in [0, 0.1) is 5.92 Å². The van der Waals surface area contributed by atoms with E-state index in [2.05, 4.69) is 24.0 Å². The average Bonchev–Trinajstić information content (AvgIpc) is 2.55. The molecule has 0 radical (unpaired) electrons. The van der Waals surface area contributed by atoms with Gasteiger partial charge in [-0.3, -0.25) is 9.69 Å². The molecule has 0 saturated carbocycles. The molecular weight excluding hydrogens is 212 g/mol. The first kappa shape index (κ1) is 12.1. The Bertz CT molecular complexity index is 374. The van der Waals surface area contributed by atoms with Gasteiger partial charge in [-0.05, 0) is 37.9 Å². The van der Waals surface area contributed by atoms with E-state index in [-0.39, 0.29) is 5.91 Å². The second kappa shape index (κ2) is 5.32. The van der Waals surface area contributed by atoms with E-state index in [1.807, 2.05) is 12.2 Å². The zero-order chi connectivity index (χ0) is 12.3. The quantitative estimate of drug-likeness (QED) is 0.786. The number of nitrogens with two attached hydrogens (primary N) is 1. The fourth-order valence-electron chi connectivity index (χ4n) is 2.33. The van der Waals surface area contributed by atoms with E-state index in [1.165, 1.54) is 12.8 Å². The zero-order valence-corrected chi connectivity index (χ0v) is 10.3. The number of rotatable bonds is 2. The Balaban J connectivity index is 2.01. The van der Waals surface area contributed by atoms with E-state index >= 15 is 0 Å². The van der Waals surface area contributed by atoms with Crippen molar-refractivity contribution in [2.45, 2.75) is 25.8 Å². The minimum Gasteiger partial charge on any atom is -0.366 e. The van der Waals surface area contributed by atoms with Crippen LogP contribution in [0.15, 0.2) is 36.0 Å². The number of likely N-dealkylation sites (tertiary alicyclic amines) is 1. The molecule has 3 heteroatoms. The first-order valence-electron chi connectivity index (χ1n) is 6.27. The summed E-state index contributed by atoms with van der Waals surface area (Å²) >= 11 is 0. The summed E-state index contributed by atoms with van der Waals surface area (Å²) in [5.74, 6) is 0.475. The van der Waals surface area contributed by atoms with Gasteiger partial charge in [-0.25, -0.2) is 0 Å². The summed E-state index contributed by atoms with van der Waals surface area (Å²) < 4.78 is 0. The first-order chi connectivity index (χ1) is 8.16. The summed E-state index contributed by atoms with van der Waals surface area (Å²) in [5, 5.41) is 0. The lowest BCUT2D eigenvalue weighted by molar-refractivity contribution is -0.114. The number of carbonyl (C=O) groups is 1. The molecule has 17 heavy (non-hydrogen) atoms. The van der Waals surface area contributed by atoms with Gasteiger partial charge in [-0.2, -0.15) is 0 Å². The molecule has 1 atom stereocenters. The van der Waals surface area contributed by atoms with Gasteiger partial charge in [0.2, 0.25) is 5.91 Å². The summed E-state index contributed by atoms with van der Waals surface area (Å²) in [6.07, 6.45) is 12.3. The number of hydrogen-bond acceptors (Lipinski definition) is 2. The summed E-state index contributed by atoms with van der Waals surface area (Å²) in [6, 6.07) is 0.301. The molecule has 0 bridgehead atoms. The molecule has 0 aromatic heterocycles. The van der Waals surface area contributed by atoms with Gasteiger partial charge in [0.05, 0.1) is 0 Å². The molecule has 1 fully saturated rings. The highest BCUT2D eigenvalue weighted by Gasteiger charge is 2.20. The van der Waals surface area contributed by atoms with Gasteiger partial charge in [0, 0.05) is 11.6 Å². The van der Waals surface area contributed by atoms with Crippen molar-refractivity contribution in [3.63, 3.8) is 0 Å². The molecule has 0 aromatic rings. The lowest BCUT2D eigenvalue weighted by Crippen LogP contribution is -2.39. The van der Waals surface area contributed by atoms with Crippen molar-refractivity contribution >= 4 is 5.91 Å². The minimum absolute atomic E-state index is 0.301. The number of piperidine rings is 1. The third kappa shape index (κ3) is 3.07. The Labute approximate surface area is 103 Å². The SMILES string of the molecule is CC1CCN(C2C=CC=C(C(N)=O)C=C2)CC1. The summed E-state index contributed by atoms with van der Waals surface area (Å²) in [7, 11) is 0. The van der Waals surface area contributed by atoms with E-state index in [0.717, 1.165) is 19.0 Å². The van der Waals surface area contributed by atoms with Crippen LogP contribution >= 0.6 is 0 Å². The van der Waals surface area contributed by atoms with Crippen molar-refractivity contribution in [2.24, 2.45) is 11.7 Å². The number of amides is 1. The largest absolute Gasteiger partial charge is 0.366 e. The highest BCUT2D eigenvalue weighted by atomic mass is 16.1. The van der Waals surface area contributed by atoms with E-state index in [9.17, 15) is 4.79 Å². The number of allylic oxidation sites excluding steroid dienone is 2. The molecule has 0 spiro atoms. The highest BCUT2D eigenvalue weighted by Crippen LogP contribution is 2.20. The highest BCUT2D eigenvalue weighted by molar-refractivity contribution is 5.95. The van der Waals surface area contributed by atoms with Crippen molar-refractivity contribution in [3.05, 3.63) is 36.0 Å². The summed E-state index contributed by atoms with van der Waals surface area (Å²) in [6.45, 7) is 4.57. The van der Waals surface area contributed by atoms with Crippen molar-refractivity contribution in [1.29, 1.82) is 0 Å². The van der Waals surface area contributed by atoms with Crippen molar-refractivity contribution in [1.82, 2.24) is 4.90 Å². The van der Waals surface area contributed by atoms with Crippen LogP contribution < -0.4 is 5.73 Å². The maximum Gasteiger partial charge on any atom is 0.248 e. The maximum absolute atomic E-state index is 11.1. The second-order valence-corrected chi connectivity index (χ2v) is 4.94. The minimum atomic E-state index is -0.362. The smallest absolute Gasteiger partial charge is 0.248 e. The standard InChI is InChI=1S/C14H20N2O/c1-11-7-9-16(10-8-11)13-4-2-3-12(5-6-13)14(15)17/h2-6,11,13H,7-10H2,1H3,(H2,15,17). The molecule has 3 nitrogen and oxygen atoms in total. The Hall–Kier alpha value is -1.35. The molecule has 1 heterocycles. The maximum atomic E-state index is 11.1. The molecule has 2 rings (SSSR count). The molecule has 1 aliphatic carbocycles. The molecule has 0 aromatic carbocycles. The van der Waals surface area contributed by atoms with Crippen molar-refractivity contribution in [2.75, 3.05) is 13.1 Å². The Morgan fingerprint density at radius 3 is 2.71 bits per heavy atom. The molecule has 2 N–H and O–H groups in total. The monoisotopic (exact) mass is 232 g/mol. The lowest BCUT2D eigenvalue weighted by Gasteiger charge is -2.33. The van der Waals surface area contributed by atoms with Crippen LogP contribution in [0.5, 0.6) is 0 Å². The normalized spacial score (nSPS) is 26.6. The van der Waals surface area contributed by atoms with Crippen LogP contribution in [0.4, 0.5) is 0 Å². The van der Waals surface area contributed by atoms with E-state index < -0.39 is 0 Å². The molecule has 92 valence electrons. The van der Waals surface area contributed by atoms with Crippen molar-refractivity contribution in [3.8, 4) is 0 Å². The summed E-state index contributed by atoms with van der Waals surface area (Å²) in [4.78, 5) is 13.5. The number of carbonyl (C=O) groups excluding carboxylic acids is 1. The topological polar surface area (TPSA) is 46.3 Å². The van der Waals surface area contributed by atoms with Crippen LogP contribution in [0.1, 0.15) is 19.8 Å². The van der Waals surface area contributed by atoms with Crippen LogP contribution in [0.25, 0.3) is 0 Å². The molecule has 1 unspecified atom stereocenters. The predicted molar refractivity (Wildman–Crippen MR) is 69.3 cm³/mol. The molecule has 2 aliphatic rings. The average molecular weight is 232 g/mol. The number of nitrogens with zero attached hydrogens (tertiary/aromatic N) is 1. The van der Waals surface area contributed by atoms with E-state index in [0.29, 0.717) is 11.6 Å². The second-order valence-electron chi connectivity index (χ2n) is 4.94. The van der Waals surface area contributed by atoms with E-state index in [1.54, 1.807) is 6.08 Å². The lowest BCUT2D eigenvalue weighted by atomic mass is 9.98. The Morgan fingerprint density at radius 2 is 2.06 bits per heavy atom. The zero-order valence-electron chi connectivity index (χ0n) is 10.3. The van der Waals surface area contributed by atoms with Gasteiger partial charge in [0.15, 0.2) is 0 Å². The van der Waals surface area contributed by atoms with Gasteiger partial charge < -0.3 is 5.73 Å². The van der Waals surface area contributed by atoms with Crippen LogP contribution in [0.3, 0.4) is 0 Å². The van der Waals surface area contributed by atoms with Gasteiger partial charge in [-0.15, -0.1) is 0 Å². The fourth-order valence-corrected chi connectivity index (χ4v) is 2.33. The first-order valence-corrected chi connectivity index (χ1v) is 6.27. The Morgan fingerprint density at radius 1 is 1.35 bits per heavy atom. The third-order valence-corrected chi connectivity index (χ3v) is 3.58. The van der Waals surface area contributed by atoms with Gasteiger partial charge in [-0.1, -0.05) is 31.2 Å². The molecule has 1 saturated heterocycles. The van der Waals surface area contributed by atoms with Crippen molar-refractivity contribution < 1.29 is 4.79 Å². The number of primary amides is 1. The van der Waals surface area contributed by atoms with Gasteiger partial charge >= 0.3 is 0 Å². The molecule has 1 aliphatic heterocycles. The molecular formula is C14H20N2O. The van der Waals surface area contributed by atoms with Crippen LogP contribution in [-0.4, -0.2) is 29.9 Å². The predicted octanol–water partition coefficient (Wildman–Crippen LogP) is 1.62. The van der Waals surface area contributed by atoms with Gasteiger partial charge in [0.25, 0.3) is 0 Å². The number of hydrogen-bond donors (Lipinski definition) is 1. The van der Waals surface area contributed by atoms with E-state index in [4.69, 9.17) is 5.73 Å².